The molecule has 18 heavy (non-hydrogen) atoms. The van der Waals surface area contributed by atoms with Gasteiger partial charge in [0, 0.05) is 35.5 Å². The molecule has 2 rings (SSSR count). The van der Waals surface area contributed by atoms with Crippen LogP contribution in [-0.4, -0.2) is 24.1 Å². The molecule has 0 bridgehead atoms. The number of hydrogen-bond acceptors (Lipinski definition) is 3. The quantitative estimate of drug-likeness (QED) is 0.822. The minimum Gasteiger partial charge on any atom is -0.372 e. The molecule has 0 radical (unpaired) electrons. The van der Waals surface area contributed by atoms with Crippen LogP contribution in [0.5, 0.6) is 0 Å². The predicted octanol–water partition coefficient (Wildman–Crippen LogP) is 2.60. The van der Waals surface area contributed by atoms with Gasteiger partial charge >= 0.3 is 0 Å². The molecule has 0 aliphatic rings. The lowest BCUT2D eigenvalue weighted by Gasteiger charge is -2.08. The Kier molecular flexibility index (Phi) is 4.25. The monoisotopic (exact) mass is 244 g/mol. The van der Waals surface area contributed by atoms with Crippen molar-refractivity contribution < 1.29 is 9.53 Å². The largest absolute Gasteiger partial charge is 0.372 e. The SMILES string of the molecule is CCCOCC(=O)Nc1cccc2cnccc12. The van der Waals surface area contributed by atoms with E-state index in [1.165, 1.54) is 0 Å². The maximum atomic E-state index is 11.7. The molecule has 1 aromatic carbocycles. The molecule has 0 unspecified atom stereocenters. The van der Waals surface area contributed by atoms with Crippen molar-refractivity contribution in [2.45, 2.75) is 13.3 Å². The number of nitrogens with one attached hydrogen (secondary N) is 1. The maximum absolute atomic E-state index is 11.7. The molecule has 0 fully saturated rings. The zero-order chi connectivity index (χ0) is 12.8. The number of nitrogens with zero attached hydrogens (tertiary/aromatic N) is 1. The standard InChI is InChI=1S/C14H16N2O2/c1-2-8-18-10-14(17)16-13-5-3-4-11-9-15-7-6-12(11)13/h3-7,9H,2,8,10H2,1H3,(H,16,17). The fourth-order valence-electron chi connectivity index (χ4n) is 1.73. The number of rotatable bonds is 5. The third-order valence-corrected chi connectivity index (χ3v) is 2.54. The first-order valence-corrected chi connectivity index (χ1v) is 6.01. The Balaban J connectivity index is 2.09. The van der Waals surface area contributed by atoms with E-state index in [4.69, 9.17) is 4.74 Å². The van der Waals surface area contributed by atoms with Gasteiger partial charge in [0.25, 0.3) is 0 Å². The first kappa shape index (κ1) is 12.5. The zero-order valence-electron chi connectivity index (χ0n) is 10.3. The van der Waals surface area contributed by atoms with Crippen LogP contribution in [-0.2, 0) is 9.53 Å². The molecule has 2 aromatic rings. The number of pyridine rings is 1. The summed E-state index contributed by atoms with van der Waals surface area (Å²) in [6.07, 6.45) is 4.40. The van der Waals surface area contributed by atoms with Gasteiger partial charge in [0.05, 0.1) is 0 Å². The number of aromatic nitrogens is 1. The molecule has 0 saturated carbocycles. The third kappa shape index (κ3) is 3.05. The third-order valence-electron chi connectivity index (χ3n) is 2.54. The number of carbonyl (C=O) groups excluding carboxylic acids is 1. The van der Waals surface area contributed by atoms with Crippen molar-refractivity contribution in [2.24, 2.45) is 0 Å². The molecule has 0 aliphatic heterocycles. The van der Waals surface area contributed by atoms with Crippen LogP contribution >= 0.6 is 0 Å². The van der Waals surface area contributed by atoms with Crippen LogP contribution in [0.3, 0.4) is 0 Å². The summed E-state index contributed by atoms with van der Waals surface area (Å²) in [5.74, 6) is -0.132. The molecule has 4 nitrogen and oxygen atoms in total. The first-order valence-electron chi connectivity index (χ1n) is 6.01. The highest BCUT2D eigenvalue weighted by atomic mass is 16.5. The number of benzene rings is 1. The Bertz CT molecular complexity index is 535. The Labute approximate surface area is 106 Å². The van der Waals surface area contributed by atoms with E-state index in [2.05, 4.69) is 10.3 Å². The van der Waals surface area contributed by atoms with Crippen LogP contribution in [0, 0.1) is 0 Å². The van der Waals surface area contributed by atoms with E-state index < -0.39 is 0 Å². The fraction of sp³-hybridized carbons (Fsp3) is 0.286. The van der Waals surface area contributed by atoms with Crippen molar-refractivity contribution in [2.75, 3.05) is 18.5 Å². The van der Waals surface area contributed by atoms with Gasteiger partial charge in [-0.3, -0.25) is 9.78 Å². The van der Waals surface area contributed by atoms with Crippen molar-refractivity contribution in [1.82, 2.24) is 4.98 Å². The number of fused-ring (bicyclic) bond motifs is 1. The summed E-state index contributed by atoms with van der Waals surface area (Å²) in [4.78, 5) is 15.7. The lowest BCUT2D eigenvalue weighted by atomic mass is 10.1. The van der Waals surface area contributed by atoms with Crippen molar-refractivity contribution >= 4 is 22.4 Å². The van der Waals surface area contributed by atoms with Crippen LogP contribution in [0.1, 0.15) is 13.3 Å². The summed E-state index contributed by atoms with van der Waals surface area (Å²) in [7, 11) is 0. The van der Waals surface area contributed by atoms with E-state index in [1.807, 2.05) is 31.2 Å². The molecule has 1 amide bonds. The van der Waals surface area contributed by atoms with Gasteiger partial charge in [0.15, 0.2) is 0 Å². The van der Waals surface area contributed by atoms with Crippen LogP contribution in [0.4, 0.5) is 5.69 Å². The van der Waals surface area contributed by atoms with Gasteiger partial charge in [-0.2, -0.15) is 0 Å². The zero-order valence-corrected chi connectivity index (χ0v) is 10.3. The van der Waals surface area contributed by atoms with Crippen molar-refractivity contribution in [3.05, 3.63) is 36.7 Å². The number of hydrogen-bond donors (Lipinski definition) is 1. The molecule has 0 saturated heterocycles. The van der Waals surface area contributed by atoms with Gasteiger partial charge in [-0.05, 0) is 18.6 Å². The van der Waals surface area contributed by atoms with Crippen molar-refractivity contribution in [1.29, 1.82) is 0 Å². The Morgan fingerprint density at radius 1 is 1.39 bits per heavy atom. The molecule has 1 heterocycles. The molecule has 0 aliphatic carbocycles. The van der Waals surface area contributed by atoms with Crippen LogP contribution < -0.4 is 5.32 Å². The topological polar surface area (TPSA) is 51.2 Å². The highest BCUT2D eigenvalue weighted by molar-refractivity contribution is 6.02. The van der Waals surface area contributed by atoms with Crippen LogP contribution in [0.2, 0.25) is 0 Å². The summed E-state index contributed by atoms with van der Waals surface area (Å²) in [6, 6.07) is 7.62. The summed E-state index contributed by atoms with van der Waals surface area (Å²) in [5.41, 5.74) is 0.792. The van der Waals surface area contributed by atoms with E-state index in [0.29, 0.717) is 6.61 Å². The Morgan fingerprint density at radius 3 is 3.11 bits per heavy atom. The molecule has 94 valence electrons. The summed E-state index contributed by atoms with van der Waals surface area (Å²) < 4.78 is 5.20. The predicted molar refractivity (Wildman–Crippen MR) is 71.5 cm³/mol. The maximum Gasteiger partial charge on any atom is 0.250 e. The lowest BCUT2D eigenvalue weighted by molar-refractivity contribution is -0.120. The van der Waals surface area contributed by atoms with E-state index in [1.54, 1.807) is 12.4 Å². The molecular weight excluding hydrogens is 228 g/mol. The molecular formula is C14H16N2O2. The van der Waals surface area contributed by atoms with Gasteiger partial charge in [-0.15, -0.1) is 0 Å². The van der Waals surface area contributed by atoms with Crippen molar-refractivity contribution in [3.63, 3.8) is 0 Å². The highest BCUT2D eigenvalue weighted by Gasteiger charge is 2.05. The van der Waals surface area contributed by atoms with Gasteiger partial charge in [-0.25, -0.2) is 0 Å². The highest BCUT2D eigenvalue weighted by Crippen LogP contribution is 2.21. The van der Waals surface area contributed by atoms with Crippen LogP contribution in [0.25, 0.3) is 10.8 Å². The Hall–Kier alpha value is -1.94. The second kappa shape index (κ2) is 6.12. The molecule has 0 spiro atoms. The van der Waals surface area contributed by atoms with Gasteiger partial charge in [0.1, 0.15) is 6.61 Å². The van der Waals surface area contributed by atoms with E-state index in [0.717, 1.165) is 22.9 Å². The number of anilines is 1. The smallest absolute Gasteiger partial charge is 0.250 e. The minimum atomic E-state index is -0.132. The normalized spacial score (nSPS) is 10.5. The number of ether oxygens (including phenoxy) is 1. The fourth-order valence-corrected chi connectivity index (χ4v) is 1.73. The van der Waals surface area contributed by atoms with Gasteiger partial charge < -0.3 is 10.1 Å². The molecule has 1 aromatic heterocycles. The number of amides is 1. The summed E-state index contributed by atoms with van der Waals surface area (Å²) in [6.45, 7) is 2.71. The lowest BCUT2D eigenvalue weighted by Crippen LogP contribution is -2.18. The number of carbonyl (C=O) groups is 1. The summed E-state index contributed by atoms with van der Waals surface area (Å²) >= 11 is 0. The Morgan fingerprint density at radius 2 is 2.28 bits per heavy atom. The average molecular weight is 244 g/mol. The van der Waals surface area contributed by atoms with E-state index in [9.17, 15) is 4.79 Å². The van der Waals surface area contributed by atoms with Gasteiger partial charge in [0.2, 0.25) is 5.91 Å². The van der Waals surface area contributed by atoms with Crippen LogP contribution in [0.15, 0.2) is 36.7 Å². The van der Waals surface area contributed by atoms with Crippen molar-refractivity contribution in [3.8, 4) is 0 Å². The second-order valence-electron chi connectivity index (χ2n) is 4.00. The molecule has 1 N–H and O–H groups in total. The first-order chi connectivity index (χ1) is 8.81. The molecule has 4 heteroatoms. The molecule has 0 atom stereocenters. The van der Waals surface area contributed by atoms with Gasteiger partial charge in [-0.1, -0.05) is 19.1 Å². The van der Waals surface area contributed by atoms with E-state index >= 15 is 0 Å². The summed E-state index contributed by atoms with van der Waals surface area (Å²) in [5, 5.41) is 4.84. The average Bonchev–Trinajstić information content (AvgIpc) is 2.39. The van der Waals surface area contributed by atoms with E-state index in [-0.39, 0.29) is 12.5 Å². The second-order valence-corrected chi connectivity index (χ2v) is 4.00. The minimum absolute atomic E-state index is 0.0926.